The molecule has 1 unspecified atom stereocenters. The molecule has 2 aliphatic rings. The number of halogens is 1. The maximum absolute atomic E-state index is 12.9. The van der Waals surface area contributed by atoms with E-state index in [2.05, 4.69) is 6.92 Å². The molecular weight excluding hydrogens is 296 g/mol. The highest BCUT2D eigenvalue weighted by atomic mass is 35.5. The number of hydrogen-bond acceptors (Lipinski definition) is 2. The van der Waals surface area contributed by atoms with Crippen molar-refractivity contribution in [2.24, 2.45) is 5.92 Å². The maximum atomic E-state index is 12.9. The summed E-state index contributed by atoms with van der Waals surface area (Å²) in [5, 5.41) is 0. The maximum Gasteiger partial charge on any atom is 0.282 e. The van der Waals surface area contributed by atoms with Gasteiger partial charge in [0.05, 0.1) is 0 Å². The Kier molecular flexibility index (Phi) is 6.14. The van der Waals surface area contributed by atoms with Crippen LogP contribution in [0.3, 0.4) is 0 Å². The van der Waals surface area contributed by atoms with E-state index in [1.54, 1.807) is 8.61 Å². The van der Waals surface area contributed by atoms with Gasteiger partial charge in [0.25, 0.3) is 10.2 Å². The molecule has 0 saturated carbocycles. The summed E-state index contributed by atoms with van der Waals surface area (Å²) in [5.74, 6) is 1.13. The lowest BCUT2D eigenvalue weighted by molar-refractivity contribution is 0.243. The van der Waals surface area contributed by atoms with Gasteiger partial charge in [0.2, 0.25) is 0 Å². The lowest BCUT2D eigenvalue weighted by Gasteiger charge is -2.37. The van der Waals surface area contributed by atoms with Crippen molar-refractivity contribution in [3.8, 4) is 0 Å². The molecule has 4 nitrogen and oxygen atoms in total. The second kappa shape index (κ2) is 7.43. The van der Waals surface area contributed by atoms with Crippen LogP contribution in [0.1, 0.15) is 51.9 Å². The van der Waals surface area contributed by atoms with Crippen molar-refractivity contribution in [2.75, 3.05) is 25.5 Å². The molecule has 0 spiro atoms. The standard InChI is InChI=1S/C14H27ClN2O2S/c1-2-14-6-4-3-5-9-17(14)20(18,19)16-10-7-13(12-15)8-11-16/h13-14H,2-12H2,1H3. The lowest BCUT2D eigenvalue weighted by Crippen LogP contribution is -2.50. The number of piperidine rings is 1. The third-order valence-electron chi connectivity index (χ3n) is 4.71. The first-order valence-electron chi connectivity index (χ1n) is 7.92. The van der Waals surface area contributed by atoms with Gasteiger partial charge in [0.15, 0.2) is 0 Å². The van der Waals surface area contributed by atoms with E-state index in [-0.39, 0.29) is 6.04 Å². The van der Waals surface area contributed by atoms with Crippen LogP contribution >= 0.6 is 11.6 Å². The van der Waals surface area contributed by atoms with Gasteiger partial charge < -0.3 is 0 Å². The highest BCUT2D eigenvalue weighted by Gasteiger charge is 2.36. The van der Waals surface area contributed by atoms with Crippen molar-refractivity contribution < 1.29 is 8.42 Å². The van der Waals surface area contributed by atoms with Crippen molar-refractivity contribution in [2.45, 2.75) is 57.9 Å². The molecule has 20 heavy (non-hydrogen) atoms. The zero-order chi connectivity index (χ0) is 14.6. The van der Waals surface area contributed by atoms with Crippen molar-refractivity contribution in [3.63, 3.8) is 0 Å². The second-order valence-electron chi connectivity index (χ2n) is 6.03. The fourth-order valence-corrected chi connectivity index (χ4v) is 5.57. The Bertz CT molecular complexity index is 394. The van der Waals surface area contributed by atoms with E-state index in [0.29, 0.717) is 31.4 Å². The van der Waals surface area contributed by atoms with Crippen LogP contribution in [0.15, 0.2) is 0 Å². The largest absolute Gasteiger partial charge is 0.282 e. The summed E-state index contributed by atoms with van der Waals surface area (Å²) in [6.07, 6.45) is 7.01. The highest BCUT2D eigenvalue weighted by Crippen LogP contribution is 2.27. The van der Waals surface area contributed by atoms with Gasteiger partial charge in [-0.3, -0.25) is 0 Å². The smallest absolute Gasteiger partial charge is 0.195 e. The molecule has 0 radical (unpaired) electrons. The Balaban J connectivity index is 2.08. The summed E-state index contributed by atoms with van der Waals surface area (Å²) in [5.41, 5.74) is 0. The highest BCUT2D eigenvalue weighted by molar-refractivity contribution is 7.86. The number of rotatable bonds is 4. The fourth-order valence-electron chi connectivity index (χ4n) is 3.31. The van der Waals surface area contributed by atoms with Gasteiger partial charge >= 0.3 is 0 Å². The first-order valence-corrected chi connectivity index (χ1v) is 9.85. The normalized spacial score (nSPS) is 28.4. The van der Waals surface area contributed by atoms with Crippen LogP contribution in [0, 0.1) is 5.92 Å². The average Bonchev–Trinajstić information content (AvgIpc) is 2.73. The summed E-state index contributed by atoms with van der Waals surface area (Å²) < 4.78 is 29.2. The van der Waals surface area contributed by atoms with Gasteiger partial charge in [-0.15, -0.1) is 11.6 Å². The van der Waals surface area contributed by atoms with E-state index < -0.39 is 10.2 Å². The Morgan fingerprint density at radius 3 is 2.35 bits per heavy atom. The molecule has 2 fully saturated rings. The molecule has 0 aromatic heterocycles. The van der Waals surface area contributed by atoms with Gasteiger partial charge in [-0.2, -0.15) is 17.0 Å². The molecule has 118 valence electrons. The van der Waals surface area contributed by atoms with Crippen molar-refractivity contribution in [1.82, 2.24) is 8.61 Å². The average molecular weight is 323 g/mol. The Hall–Kier alpha value is 0.160. The van der Waals surface area contributed by atoms with Crippen LogP contribution in [0.2, 0.25) is 0 Å². The van der Waals surface area contributed by atoms with E-state index in [1.165, 1.54) is 0 Å². The van der Waals surface area contributed by atoms with Crippen molar-refractivity contribution in [1.29, 1.82) is 0 Å². The van der Waals surface area contributed by atoms with Crippen LogP contribution < -0.4 is 0 Å². The zero-order valence-electron chi connectivity index (χ0n) is 12.4. The molecule has 2 aliphatic heterocycles. The first-order chi connectivity index (χ1) is 9.59. The molecule has 0 N–H and O–H groups in total. The van der Waals surface area contributed by atoms with Crippen LogP contribution in [0.25, 0.3) is 0 Å². The van der Waals surface area contributed by atoms with Crippen molar-refractivity contribution in [3.05, 3.63) is 0 Å². The summed E-state index contributed by atoms with van der Waals surface area (Å²) in [6, 6.07) is 0.188. The second-order valence-corrected chi connectivity index (χ2v) is 8.22. The molecule has 2 heterocycles. The topological polar surface area (TPSA) is 40.6 Å². The molecule has 2 saturated heterocycles. The third kappa shape index (κ3) is 3.67. The minimum absolute atomic E-state index is 0.188. The molecule has 0 amide bonds. The quantitative estimate of drug-likeness (QED) is 0.747. The van der Waals surface area contributed by atoms with Crippen LogP contribution in [-0.4, -0.2) is 48.6 Å². The molecule has 2 rings (SSSR count). The minimum Gasteiger partial charge on any atom is -0.195 e. The van der Waals surface area contributed by atoms with Gasteiger partial charge in [-0.1, -0.05) is 19.8 Å². The monoisotopic (exact) mass is 322 g/mol. The SMILES string of the molecule is CCC1CCCCCN1S(=O)(=O)N1CCC(CCl)CC1. The summed E-state index contributed by atoms with van der Waals surface area (Å²) in [4.78, 5) is 0. The predicted molar refractivity (Wildman–Crippen MR) is 83.2 cm³/mol. The lowest BCUT2D eigenvalue weighted by atomic mass is 10.0. The molecule has 0 bridgehead atoms. The fraction of sp³-hybridized carbons (Fsp3) is 1.00. The molecule has 1 atom stereocenters. The van der Waals surface area contributed by atoms with E-state index >= 15 is 0 Å². The van der Waals surface area contributed by atoms with Crippen LogP contribution in [0.4, 0.5) is 0 Å². The summed E-state index contributed by atoms with van der Waals surface area (Å²) in [6.45, 7) is 4.05. The molecule has 0 aromatic carbocycles. The van der Waals surface area contributed by atoms with E-state index in [1.807, 2.05) is 0 Å². The molecular formula is C14H27ClN2O2S. The third-order valence-corrected chi connectivity index (χ3v) is 7.24. The van der Waals surface area contributed by atoms with E-state index in [0.717, 1.165) is 44.9 Å². The van der Waals surface area contributed by atoms with Gasteiger partial charge in [0.1, 0.15) is 0 Å². The van der Waals surface area contributed by atoms with E-state index in [4.69, 9.17) is 11.6 Å². The number of nitrogens with zero attached hydrogens (tertiary/aromatic N) is 2. The van der Waals surface area contributed by atoms with Crippen LogP contribution in [0.5, 0.6) is 0 Å². The van der Waals surface area contributed by atoms with Gasteiger partial charge in [-0.25, -0.2) is 0 Å². The Morgan fingerprint density at radius 1 is 1.05 bits per heavy atom. The molecule has 6 heteroatoms. The zero-order valence-corrected chi connectivity index (χ0v) is 14.0. The molecule has 0 aliphatic carbocycles. The Labute approximate surface area is 128 Å². The summed E-state index contributed by atoms with van der Waals surface area (Å²) in [7, 11) is -3.28. The van der Waals surface area contributed by atoms with Gasteiger partial charge in [0, 0.05) is 31.6 Å². The first kappa shape index (κ1) is 16.5. The van der Waals surface area contributed by atoms with Crippen LogP contribution in [-0.2, 0) is 10.2 Å². The van der Waals surface area contributed by atoms with Gasteiger partial charge in [-0.05, 0) is 38.0 Å². The van der Waals surface area contributed by atoms with Crippen molar-refractivity contribution >= 4 is 21.8 Å². The number of hydrogen-bond donors (Lipinski definition) is 0. The molecule has 0 aromatic rings. The van der Waals surface area contributed by atoms with E-state index in [9.17, 15) is 8.42 Å². The predicted octanol–water partition coefficient (Wildman–Crippen LogP) is 2.84. The Morgan fingerprint density at radius 2 is 1.75 bits per heavy atom. The number of alkyl halides is 1. The summed E-state index contributed by atoms with van der Waals surface area (Å²) >= 11 is 5.88. The minimum atomic E-state index is -3.28.